The molecule has 0 bridgehead atoms. The van der Waals surface area contributed by atoms with E-state index in [1.54, 1.807) is 18.4 Å². The first kappa shape index (κ1) is 17.6. The maximum absolute atomic E-state index is 9.77. The number of nitriles is 1. The second-order valence-electron chi connectivity index (χ2n) is 6.20. The molecule has 2 aliphatic heterocycles. The number of nitrogens with two attached hydrogens (primary N) is 1. The summed E-state index contributed by atoms with van der Waals surface area (Å²) in [4.78, 5) is 0. The lowest BCUT2D eigenvalue weighted by Gasteiger charge is -2.35. The number of allylic oxidation sites excluding steroid dienone is 1. The van der Waals surface area contributed by atoms with E-state index in [4.69, 9.17) is 15.2 Å². The van der Waals surface area contributed by atoms with Gasteiger partial charge in [-0.2, -0.15) is 16.6 Å². The zero-order chi connectivity index (χ0) is 18.3. The van der Waals surface area contributed by atoms with Crippen molar-refractivity contribution in [2.75, 3.05) is 7.11 Å². The molecule has 4 atom stereocenters. The number of rotatable bonds is 3. The Kier molecular flexibility index (Phi) is 4.79. The monoisotopic (exact) mass is 480 g/mol. The van der Waals surface area contributed by atoms with Gasteiger partial charge in [-0.1, -0.05) is 6.07 Å². The summed E-state index contributed by atoms with van der Waals surface area (Å²) in [6, 6.07) is 10.4. The second-order valence-corrected chi connectivity index (χ2v) is 8.14. The lowest BCUT2D eigenvalue weighted by Crippen LogP contribution is -2.41. The van der Waals surface area contributed by atoms with E-state index in [1.807, 2.05) is 12.1 Å². The number of methoxy groups -OCH3 is 1. The average molecular weight is 480 g/mol. The molecular formula is C18H17IN4O2S. The molecule has 4 N–H and O–H groups in total. The van der Waals surface area contributed by atoms with Crippen molar-refractivity contribution in [3.8, 4) is 11.8 Å². The Morgan fingerprint density at radius 3 is 2.81 bits per heavy atom. The summed E-state index contributed by atoms with van der Waals surface area (Å²) in [6.07, 6.45) is -0.304. The van der Waals surface area contributed by atoms with Gasteiger partial charge in [-0.3, -0.25) is 0 Å². The third-order valence-electron chi connectivity index (χ3n) is 4.89. The van der Waals surface area contributed by atoms with Crippen LogP contribution in [0, 0.1) is 20.8 Å². The van der Waals surface area contributed by atoms with Crippen LogP contribution >= 0.6 is 33.9 Å². The Bertz CT molecular complexity index is 893. The summed E-state index contributed by atoms with van der Waals surface area (Å²) in [6.45, 7) is 0. The van der Waals surface area contributed by atoms with E-state index in [0.29, 0.717) is 5.57 Å². The predicted molar refractivity (Wildman–Crippen MR) is 107 cm³/mol. The molecule has 26 heavy (non-hydrogen) atoms. The highest BCUT2D eigenvalue weighted by molar-refractivity contribution is 14.1. The first-order chi connectivity index (χ1) is 12.6. The maximum atomic E-state index is 9.77. The fraction of sp³-hybridized carbons (Fsp3) is 0.278. The minimum Gasteiger partial charge on any atom is -0.496 e. The van der Waals surface area contributed by atoms with Crippen LogP contribution in [0.15, 0.2) is 46.5 Å². The van der Waals surface area contributed by atoms with Crippen molar-refractivity contribution in [3.63, 3.8) is 0 Å². The number of nitrogens with one attached hydrogen (secondary N) is 2. The predicted octanol–water partition coefficient (Wildman–Crippen LogP) is 2.96. The molecule has 8 heteroatoms. The molecule has 134 valence electrons. The maximum Gasteiger partial charge on any atom is 0.200 e. The molecule has 6 nitrogen and oxygen atoms in total. The highest BCUT2D eigenvalue weighted by Crippen LogP contribution is 2.48. The van der Waals surface area contributed by atoms with E-state index in [9.17, 15) is 5.26 Å². The molecule has 0 radical (unpaired) electrons. The van der Waals surface area contributed by atoms with Crippen LogP contribution in [0.3, 0.4) is 0 Å². The molecular weight excluding hydrogens is 463 g/mol. The number of ether oxygens (including phenoxy) is 2. The number of halogens is 1. The zero-order valence-corrected chi connectivity index (χ0v) is 16.9. The summed E-state index contributed by atoms with van der Waals surface area (Å²) in [5.74, 6) is 0.816. The smallest absolute Gasteiger partial charge is 0.200 e. The molecule has 0 saturated carbocycles. The summed E-state index contributed by atoms with van der Waals surface area (Å²) >= 11 is 3.90. The second kappa shape index (κ2) is 7.08. The van der Waals surface area contributed by atoms with Gasteiger partial charge in [0.2, 0.25) is 5.88 Å². The van der Waals surface area contributed by atoms with Crippen molar-refractivity contribution < 1.29 is 9.47 Å². The first-order valence-corrected chi connectivity index (χ1v) is 10.1. The molecule has 1 fully saturated rings. The Hall–Kier alpha value is -1.80. The van der Waals surface area contributed by atoms with Crippen molar-refractivity contribution in [1.29, 1.82) is 5.26 Å². The lowest BCUT2D eigenvalue weighted by atomic mass is 9.74. The molecule has 2 aromatic rings. The fourth-order valence-corrected chi connectivity index (χ4v) is 5.16. The van der Waals surface area contributed by atoms with E-state index in [2.05, 4.69) is 62.4 Å². The van der Waals surface area contributed by atoms with Crippen LogP contribution in [-0.4, -0.2) is 13.3 Å². The molecule has 4 rings (SSSR count). The minimum absolute atomic E-state index is 0.00394. The molecule has 2 aliphatic rings. The fourth-order valence-electron chi connectivity index (χ4n) is 3.71. The topological polar surface area (TPSA) is 92.3 Å². The Labute approximate surface area is 169 Å². The van der Waals surface area contributed by atoms with Gasteiger partial charge in [-0.25, -0.2) is 10.9 Å². The van der Waals surface area contributed by atoms with Gasteiger partial charge in [-0.05, 0) is 62.7 Å². The number of hydrogen-bond acceptors (Lipinski definition) is 7. The molecule has 1 aromatic carbocycles. The molecule has 0 amide bonds. The normalized spacial score (nSPS) is 27.6. The summed E-state index contributed by atoms with van der Waals surface area (Å²) in [7, 11) is 1.65. The number of fused-ring (bicyclic) bond motifs is 1. The quantitative estimate of drug-likeness (QED) is 0.586. The largest absolute Gasteiger partial charge is 0.496 e. The SMILES string of the molecule is COc1ccc(C2C(C#N)=C(N)OC3NNC(c4ccsc4)C32)cc1I. The highest BCUT2D eigenvalue weighted by atomic mass is 127. The number of hydrogen-bond donors (Lipinski definition) is 3. The number of thiophene rings is 1. The van der Waals surface area contributed by atoms with Crippen molar-refractivity contribution >= 4 is 33.9 Å². The van der Waals surface area contributed by atoms with Crippen LogP contribution in [0.5, 0.6) is 5.75 Å². The Balaban J connectivity index is 1.83. The number of benzene rings is 1. The van der Waals surface area contributed by atoms with Crippen molar-refractivity contribution in [2.45, 2.75) is 18.2 Å². The van der Waals surface area contributed by atoms with Crippen LogP contribution in [0.2, 0.25) is 0 Å². The zero-order valence-electron chi connectivity index (χ0n) is 13.9. The molecule has 1 saturated heterocycles. The van der Waals surface area contributed by atoms with Gasteiger partial charge >= 0.3 is 0 Å². The van der Waals surface area contributed by atoms with E-state index >= 15 is 0 Å². The van der Waals surface area contributed by atoms with E-state index in [1.165, 1.54) is 5.56 Å². The van der Waals surface area contributed by atoms with Gasteiger partial charge in [0.25, 0.3) is 0 Å². The van der Waals surface area contributed by atoms with Crippen LogP contribution in [0.25, 0.3) is 0 Å². The average Bonchev–Trinajstić information content (AvgIpc) is 3.29. The minimum atomic E-state index is -0.304. The van der Waals surface area contributed by atoms with E-state index in [-0.39, 0.29) is 30.0 Å². The van der Waals surface area contributed by atoms with Gasteiger partial charge in [0.1, 0.15) is 11.8 Å². The first-order valence-electron chi connectivity index (χ1n) is 8.07. The van der Waals surface area contributed by atoms with Gasteiger partial charge in [0.05, 0.1) is 22.3 Å². The lowest BCUT2D eigenvalue weighted by molar-refractivity contribution is 0.0341. The van der Waals surface area contributed by atoms with Crippen molar-refractivity contribution in [2.24, 2.45) is 11.7 Å². The van der Waals surface area contributed by atoms with Gasteiger partial charge in [0, 0.05) is 11.8 Å². The third-order valence-corrected chi connectivity index (χ3v) is 6.43. The molecule has 3 heterocycles. The van der Waals surface area contributed by atoms with E-state index < -0.39 is 0 Å². The van der Waals surface area contributed by atoms with Gasteiger partial charge < -0.3 is 15.2 Å². The Morgan fingerprint density at radius 1 is 1.31 bits per heavy atom. The van der Waals surface area contributed by atoms with Crippen LogP contribution < -0.4 is 21.3 Å². The Morgan fingerprint density at radius 2 is 2.15 bits per heavy atom. The van der Waals surface area contributed by atoms with Crippen LogP contribution in [0.1, 0.15) is 23.1 Å². The van der Waals surface area contributed by atoms with E-state index in [0.717, 1.165) is 14.9 Å². The van der Waals surface area contributed by atoms with Crippen LogP contribution in [0.4, 0.5) is 0 Å². The number of hydrazine groups is 1. The van der Waals surface area contributed by atoms with Gasteiger partial charge in [0.15, 0.2) is 6.23 Å². The van der Waals surface area contributed by atoms with Crippen molar-refractivity contribution in [1.82, 2.24) is 10.9 Å². The van der Waals surface area contributed by atoms with Gasteiger partial charge in [-0.15, -0.1) is 0 Å². The molecule has 4 unspecified atom stereocenters. The standard InChI is InChI=1S/C18H17IN4O2S/c1-24-13-3-2-9(6-12(13)19)14-11(7-20)17(21)25-18-15(14)16(22-23-18)10-4-5-26-8-10/h2-6,8,14-16,18,22-23H,21H2,1H3. The highest BCUT2D eigenvalue weighted by Gasteiger charge is 2.49. The summed E-state index contributed by atoms with van der Waals surface area (Å²) < 4.78 is 12.2. The summed E-state index contributed by atoms with van der Waals surface area (Å²) in [5.41, 5.74) is 15.2. The molecule has 0 spiro atoms. The molecule has 0 aliphatic carbocycles. The van der Waals surface area contributed by atoms with Crippen molar-refractivity contribution in [3.05, 3.63) is 61.2 Å². The summed E-state index contributed by atoms with van der Waals surface area (Å²) in [5, 5.41) is 13.9. The third kappa shape index (κ3) is 2.85. The van der Waals surface area contributed by atoms with Crippen LogP contribution in [-0.2, 0) is 4.74 Å². The molecule has 1 aromatic heterocycles. The number of nitrogens with zero attached hydrogens (tertiary/aromatic N) is 1.